The Hall–Kier alpha value is -1.75. The fourth-order valence-corrected chi connectivity index (χ4v) is 1.77. The van der Waals surface area contributed by atoms with Crippen LogP contribution in [0.2, 0.25) is 0 Å². The highest BCUT2D eigenvalue weighted by Gasteiger charge is 2.15. The predicted molar refractivity (Wildman–Crippen MR) is 77.0 cm³/mol. The van der Waals surface area contributed by atoms with E-state index in [9.17, 15) is 4.79 Å². The molecule has 0 aromatic heterocycles. The van der Waals surface area contributed by atoms with Gasteiger partial charge >= 0.3 is 5.97 Å². The number of rotatable bonds is 8. The van der Waals surface area contributed by atoms with Gasteiger partial charge in [0.15, 0.2) is 11.5 Å². The van der Waals surface area contributed by atoms with E-state index >= 15 is 0 Å². The minimum Gasteiger partial charge on any atom is -0.493 e. The zero-order valence-corrected chi connectivity index (χ0v) is 12.3. The van der Waals surface area contributed by atoms with Gasteiger partial charge in [0.2, 0.25) is 0 Å². The number of hydrogen-bond donors (Lipinski definition) is 1. The third-order valence-corrected chi connectivity index (χ3v) is 2.98. The Morgan fingerprint density at radius 1 is 1.25 bits per heavy atom. The highest BCUT2D eigenvalue weighted by atomic mass is 16.5. The van der Waals surface area contributed by atoms with Crippen molar-refractivity contribution in [3.63, 3.8) is 0 Å². The van der Waals surface area contributed by atoms with Crippen LogP contribution in [-0.2, 0) is 9.53 Å². The zero-order valence-electron chi connectivity index (χ0n) is 12.3. The van der Waals surface area contributed by atoms with Crippen LogP contribution in [0.1, 0.15) is 37.8 Å². The van der Waals surface area contributed by atoms with Crippen LogP contribution in [-0.4, -0.2) is 26.8 Å². The Morgan fingerprint density at radius 3 is 2.55 bits per heavy atom. The maximum absolute atomic E-state index is 11.6. The molecule has 0 amide bonds. The normalized spacial score (nSPS) is 11.8. The molecule has 0 spiro atoms. The summed E-state index contributed by atoms with van der Waals surface area (Å²) in [6, 6.07) is 4.97. The zero-order chi connectivity index (χ0) is 15.0. The molecule has 1 aromatic carbocycles. The average molecular weight is 281 g/mol. The van der Waals surface area contributed by atoms with Crippen molar-refractivity contribution in [1.82, 2.24) is 0 Å². The highest BCUT2D eigenvalue weighted by molar-refractivity contribution is 5.70. The van der Waals surface area contributed by atoms with Gasteiger partial charge in [0.1, 0.15) is 0 Å². The lowest BCUT2D eigenvalue weighted by Gasteiger charge is -2.14. The van der Waals surface area contributed by atoms with Gasteiger partial charge in [-0.15, -0.1) is 0 Å². The highest BCUT2D eigenvalue weighted by Crippen LogP contribution is 2.30. The van der Waals surface area contributed by atoms with Crippen LogP contribution < -0.4 is 15.2 Å². The van der Waals surface area contributed by atoms with Crippen LogP contribution in [0.25, 0.3) is 0 Å². The van der Waals surface area contributed by atoms with Gasteiger partial charge in [-0.05, 0) is 24.1 Å². The van der Waals surface area contributed by atoms with Crippen LogP contribution >= 0.6 is 0 Å². The molecule has 2 N–H and O–H groups in total. The summed E-state index contributed by atoms with van der Waals surface area (Å²) in [6.45, 7) is 2.50. The molecule has 1 unspecified atom stereocenters. The van der Waals surface area contributed by atoms with Gasteiger partial charge in [0.25, 0.3) is 0 Å². The van der Waals surface area contributed by atoms with Crippen molar-refractivity contribution in [1.29, 1.82) is 0 Å². The average Bonchev–Trinajstić information content (AvgIpc) is 2.46. The number of nitrogens with two attached hydrogens (primary N) is 1. The molecule has 0 radical (unpaired) electrons. The smallest absolute Gasteiger partial charge is 0.307 e. The minimum atomic E-state index is -0.413. The van der Waals surface area contributed by atoms with Gasteiger partial charge in [-0.25, -0.2) is 0 Å². The summed E-state index contributed by atoms with van der Waals surface area (Å²) >= 11 is 0. The van der Waals surface area contributed by atoms with E-state index in [1.165, 1.54) is 0 Å². The van der Waals surface area contributed by atoms with Crippen molar-refractivity contribution in [2.24, 2.45) is 5.73 Å². The first-order valence-corrected chi connectivity index (χ1v) is 6.75. The lowest BCUT2D eigenvalue weighted by Crippen LogP contribution is -2.17. The van der Waals surface area contributed by atoms with E-state index in [0.29, 0.717) is 18.1 Å². The topological polar surface area (TPSA) is 70.8 Å². The Labute approximate surface area is 120 Å². The van der Waals surface area contributed by atoms with Gasteiger partial charge < -0.3 is 19.9 Å². The maximum atomic E-state index is 11.6. The van der Waals surface area contributed by atoms with E-state index in [0.717, 1.165) is 18.4 Å². The fourth-order valence-electron chi connectivity index (χ4n) is 1.77. The lowest BCUT2D eigenvalue weighted by molar-refractivity contribution is -0.144. The molecule has 5 nitrogen and oxygen atoms in total. The summed E-state index contributed by atoms with van der Waals surface area (Å²) in [5.74, 6) is 0.953. The SMILES string of the molecule is CCCCOC(=O)CC(N)c1ccc(OC)c(OC)c1. The largest absolute Gasteiger partial charge is 0.493 e. The summed E-state index contributed by atoms with van der Waals surface area (Å²) < 4.78 is 15.5. The molecule has 0 fully saturated rings. The standard InChI is InChI=1S/C15H23NO4/c1-4-5-8-20-15(17)10-12(16)11-6-7-13(18-2)14(9-11)19-3/h6-7,9,12H,4-5,8,10,16H2,1-3H3. The van der Waals surface area contributed by atoms with Crippen LogP contribution in [0.15, 0.2) is 18.2 Å². The van der Waals surface area contributed by atoms with Gasteiger partial charge in [0, 0.05) is 6.04 Å². The Balaban J connectivity index is 2.63. The fraction of sp³-hybridized carbons (Fsp3) is 0.533. The Kier molecular flexibility index (Phi) is 6.87. The summed E-state index contributed by atoms with van der Waals surface area (Å²) in [5.41, 5.74) is 6.83. The van der Waals surface area contributed by atoms with E-state index in [4.69, 9.17) is 19.9 Å². The summed E-state index contributed by atoms with van der Waals surface area (Å²) in [5, 5.41) is 0. The van der Waals surface area contributed by atoms with E-state index < -0.39 is 6.04 Å². The number of carbonyl (C=O) groups excluding carboxylic acids is 1. The maximum Gasteiger partial charge on any atom is 0.307 e. The first kappa shape index (κ1) is 16.3. The molecule has 5 heteroatoms. The Morgan fingerprint density at radius 2 is 1.95 bits per heavy atom. The van der Waals surface area contributed by atoms with Crippen molar-refractivity contribution in [2.45, 2.75) is 32.2 Å². The molecule has 20 heavy (non-hydrogen) atoms. The number of ether oxygens (including phenoxy) is 3. The summed E-state index contributed by atoms with van der Waals surface area (Å²) in [6.07, 6.45) is 2.02. The second kappa shape index (κ2) is 8.43. The van der Waals surface area contributed by atoms with Crippen molar-refractivity contribution in [3.8, 4) is 11.5 Å². The van der Waals surface area contributed by atoms with Gasteiger partial charge in [0.05, 0.1) is 27.2 Å². The van der Waals surface area contributed by atoms with E-state index in [1.54, 1.807) is 26.4 Å². The molecular weight excluding hydrogens is 258 g/mol. The third kappa shape index (κ3) is 4.74. The van der Waals surface area contributed by atoms with Crippen molar-refractivity contribution in [2.75, 3.05) is 20.8 Å². The third-order valence-electron chi connectivity index (χ3n) is 2.98. The predicted octanol–water partition coefficient (Wildman–Crippen LogP) is 2.44. The molecule has 112 valence electrons. The summed E-state index contributed by atoms with van der Waals surface area (Å²) in [4.78, 5) is 11.6. The second-order valence-corrected chi connectivity index (χ2v) is 4.50. The van der Waals surface area contributed by atoms with Gasteiger partial charge in [-0.1, -0.05) is 19.4 Å². The molecular formula is C15H23NO4. The number of esters is 1. The molecule has 0 bridgehead atoms. The molecule has 0 heterocycles. The number of methoxy groups -OCH3 is 2. The van der Waals surface area contributed by atoms with E-state index in [1.807, 2.05) is 13.0 Å². The molecule has 1 rings (SSSR count). The van der Waals surface area contributed by atoms with Crippen molar-refractivity contribution in [3.05, 3.63) is 23.8 Å². The molecule has 0 aliphatic carbocycles. The molecule has 1 aromatic rings. The second-order valence-electron chi connectivity index (χ2n) is 4.50. The molecule has 0 aliphatic rings. The van der Waals surface area contributed by atoms with Crippen LogP contribution in [0.5, 0.6) is 11.5 Å². The lowest BCUT2D eigenvalue weighted by atomic mass is 10.0. The van der Waals surface area contributed by atoms with E-state index in [-0.39, 0.29) is 12.4 Å². The molecule has 1 atom stereocenters. The van der Waals surface area contributed by atoms with Crippen LogP contribution in [0.3, 0.4) is 0 Å². The number of benzene rings is 1. The van der Waals surface area contributed by atoms with Crippen molar-refractivity contribution >= 4 is 5.97 Å². The first-order chi connectivity index (χ1) is 9.62. The van der Waals surface area contributed by atoms with Crippen LogP contribution in [0, 0.1) is 0 Å². The quantitative estimate of drug-likeness (QED) is 0.585. The minimum absolute atomic E-state index is 0.152. The summed E-state index contributed by atoms with van der Waals surface area (Å²) in [7, 11) is 3.13. The van der Waals surface area contributed by atoms with Gasteiger partial charge in [-0.2, -0.15) is 0 Å². The van der Waals surface area contributed by atoms with Gasteiger partial charge in [-0.3, -0.25) is 4.79 Å². The Bertz CT molecular complexity index is 434. The molecule has 0 aliphatic heterocycles. The van der Waals surface area contributed by atoms with E-state index in [2.05, 4.69) is 0 Å². The first-order valence-electron chi connectivity index (χ1n) is 6.75. The van der Waals surface area contributed by atoms with Crippen molar-refractivity contribution < 1.29 is 19.0 Å². The van der Waals surface area contributed by atoms with Crippen LogP contribution in [0.4, 0.5) is 0 Å². The number of unbranched alkanes of at least 4 members (excludes halogenated alkanes) is 1. The monoisotopic (exact) mass is 281 g/mol. The number of hydrogen-bond acceptors (Lipinski definition) is 5. The number of carbonyl (C=O) groups is 1. The molecule has 0 saturated heterocycles. The molecule has 0 saturated carbocycles.